The van der Waals surface area contributed by atoms with Gasteiger partial charge in [0.05, 0.1) is 6.54 Å². The molecule has 0 amide bonds. The SMILES string of the molecule is CN=C(NCc1nncn1C)NCC1(c2cccc(Br)c2)CCCCC1. The minimum absolute atomic E-state index is 0.157. The number of nitrogens with zero attached hydrogens (tertiary/aromatic N) is 4. The van der Waals surface area contributed by atoms with Gasteiger partial charge in [-0.25, -0.2) is 0 Å². The average Bonchev–Trinajstić information content (AvgIpc) is 3.07. The number of nitrogens with one attached hydrogen (secondary N) is 2. The molecule has 6 nitrogen and oxygen atoms in total. The number of aromatic nitrogens is 3. The van der Waals surface area contributed by atoms with E-state index in [-0.39, 0.29) is 5.41 Å². The molecule has 0 atom stereocenters. The van der Waals surface area contributed by atoms with E-state index in [0.29, 0.717) is 6.54 Å². The van der Waals surface area contributed by atoms with Crippen molar-refractivity contribution in [1.29, 1.82) is 0 Å². The molecule has 0 radical (unpaired) electrons. The number of benzene rings is 1. The summed E-state index contributed by atoms with van der Waals surface area (Å²) in [6.07, 6.45) is 8.00. The number of aliphatic imine (C=N–C) groups is 1. The van der Waals surface area contributed by atoms with Gasteiger partial charge >= 0.3 is 0 Å². The van der Waals surface area contributed by atoms with Crippen LogP contribution in [0.1, 0.15) is 43.5 Å². The van der Waals surface area contributed by atoms with E-state index in [1.807, 2.05) is 11.6 Å². The number of halogens is 1. The minimum Gasteiger partial charge on any atom is -0.356 e. The third-order valence-electron chi connectivity index (χ3n) is 5.28. The Labute approximate surface area is 163 Å². The molecule has 140 valence electrons. The zero-order chi connectivity index (χ0) is 18.4. The summed E-state index contributed by atoms with van der Waals surface area (Å²) in [6, 6.07) is 8.75. The van der Waals surface area contributed by atoms with Crippen LogP contribution in [0.15, 0.2) is 40.1 Å². The molecule has 1 heterocycles. The molecule has 26 heavy (non-hydrogen) atoms. The number of hydrogen-bond donors (Lipinski definition) is 2. The zero-order valence-corrected chi connectivity index (χ0v) is 17.1. The van der Waals surface area contributed by atoms with E-state index in [1.165, 1.54) is 37.7 Å². The van der Waals surface area contributed by atoms with Gasteiger partial charge in [0.25, 0.3) is 0 Å². The van der Waals surface area contributed by atoms with Crippen LogP contribution in [0.4, 0.5) is 0 Å². The van der Waals surface area contributed by atoms with E-state index in [2.05, 4.69) is 66.0 Å². The largest absolute Gasteiger partial charge is 0.356 e. The number of rotatable bonds is 5. The fourth-order valence-electron chi connectivity index (χ4n) is 3.72. The molecule has 1 aliphatic carbocycles. The fraction of sp³-hybridized carbons (Fsp3) is 0.526. The second-order valence-corrected chi connectivity index (χ2v) is 7.90. The maximum Gasteiger partial charge on any atom is 0.191 e. The molecule has 1 aromatic heterocycles. The van der Waals surface area contributed by atoms with Gasteiger partial charge in [-0.3, -0.25) is 4.99 Å². The normalized spacial score (nSPS) is 17.1. The maximum absolute atomic E-state index is 4.37. The molecule has 0 aliphatic heterocycles. The number of hydrogen-bond acceptors (Lipinski definition) is 3. The minimum atomic E-state index is 0.157. The molecule has 3 rings (SSSR count). The van der Waals surface area contributed by atoms with Gasteiger partial charge < -0.3 is 15.2 Å². The van der Waals surface area contributed by atoms with Crippen LogP contribution in [0.2, 0.25) is 0 Å². The van der Waals surface area contributed by atoms with Crippen molar-refractivity contribution in [1.82, 2.24) is 25.4 Å². The molecule has 1 aromatic carbocycles. The molecule has 0 bridgehead atoms. The predicted molar refractivity (Wildman–Crippen MR) is 108 cm³/mol. The van der Waals surface area contributed by atoms with Crippen LogP contribution in [-0.4, -0.2) is 34.3 Å². The summed E-state index contributed by atoms with van der Waals surface area (Å²) in [6.45, 7) is 1.47. The molecule has 0 saturated heterocycles. The van der Waals surface area contributed by atoms with E-state index in [0.717, 1.165) is 22.8 Å². The maximum atomic E-state index is 4.37. The highest BCUT2D eigenvalue weighted by molar-refractivity contribution is 9.10. The molecular weight excluding hydrogens is 392 g/mol. The van der Waals surface area contributed by atoms with Crippen LogP contribution in [0.5, 0.6) is 0 Å². The van der Waals surface area contributed by atoms with Crippen LogP contribution in [0.3, 0.4) is 0 Å². The first-order chi connectivity index (χ1) is 12.6. The van der Waals surface area contributed by atoms with Gasteiger partial charge in [-0.2, -0.15) is 0 Å². The van der Waals surface area contributed by atoms with Gasteiger partial charge in [0, 0.05) is 30.5 Å². The summed E-state index contributed by atoms with van der Waals surface area (Å²) in [5, 5.41) is 14.9. The van der Waals surface area contributed by atoms with Crippen LogP contribution in [0, 0.1) is 0 Å². The first kappa shape index (κ1) is 18.9. The molecule has 7 heteroatoms. The Morgan fingerprint density at radius 3 is 2.73 bits per heavy atom. The Kier molecular flexibility index (Phi) is 6.29. The van der Waals surface area contributed by atoms with Crippen molar-refractivity contribution in [2.45, 2.75) is 44.1 Å². The average molecular weight is 419 g/mol. The highest BCUT2D eigenvalue weighted by atomic mass is 79.9. The van der Waals surface area contributed by atoms with Crippen LogP contribution >= 0.6 is 15.9 Å². The van der Waals surface area contributed by atoms with Crippen molar-refractivity contribution in [3.8, 4) is 0 Å². The van der Waals surface area contributed by atoms with E-state index < -0.39 is 0 Å². The molecule has 2 aromatic rings. The first-order valence-corrected chi connectivity index (χ1v) is 9.96. The molecule has 1 fully saturated rings. The first-order valence-electron chi connectivity index (χ1n) is 9.16. The van der Waals surface area contributed by atoms with E-state index >= 15 is 0 Å². The molecular formula is C19H27BrN6. The summed E-state index contributed by atoms with van der Waals surface area (Å²) >= 11 is 3.63. The van der Waals surface area contributed by atoms with Crippen molar-refractivity contribution in [3.63, 3.8) is 0 Å². The summed E-state index contributed by atoms with van der Waals surface area (Å²) in [5.41, 5.74) is 1.56. The summed E-state index contributed by atoms with van der Waals surface area (Å²) < 4.78 is 3.05. The van der Waals surface area contributed by atoms with Crippen molar-refractivity contribution in [2.75, 3.05) is 13.6 Å². The zero-order valence-electron chi connectivity index (χ0n) is 15.5. The van der Waals surface area contributed by atoms with Gasteiger partial charge in [0.15, 0.2) is 11.8 Å². The van der Waals surface area contributed by atoms with Gasteiger partial charge in [0.1, 0.15) is 6.33 Å². The quantitative estimate of drug-likeness (QED) is 0.577. The lowest BCUT2D eigenvalue weighted by atomic mass is 9.69. The van der Waals surface area contributed by atoms with Gasteiger partial charge in [-0.05, 0) is 30.5 Å². The third kappa shape index (κ3) is 4.44. The molecule has 1 aliphatic rings. The monoisotopic (exact) mass is 418 g/mol. The number of guanidine groups is 1. The highest BCUT2D eigenvalue weighted by Gasteiger charge is 2.34. The predicted octanol–water partition coefficient (Wildman–Crippen LogP) is 3.14. The van der Waals surface area contributed by atoms with Gasteiger partial charge in [-0.1, -0.05) is 47.3 Å². The topological polar surface area (TPSA) is 67.1 Å². The molecule has 0 spiro atoms. The smallest absolute Gasteiger partial charge is 0.191 e. The van der Waals surface area contributed by atoms with Crippen LogP contribution in [-0.2, 0) is 19.0 Å². The Balaban J connectivity index is 1.68. The summed E-state index contributed by atoms with van der Waals surface area (Å²) in [5.74, 6) is 1.68. The Morgan fingerprint density at radius 2 is 2.08 bits per heavy atom. The highest BCUT2D eigenvalue weighted by Crippen LogP contribution is 2.39. The van der Waals surface area contributed by atoms with Crippen molar-refractivity contribution in [3.05, 3.63) is 46.5 Å². The van der Waals surface area contributed by atoms with Crippen LogP contribution < -0.4 is 10.6 Å². The second-order valence-electron chi connectivity index (χ2n) is 6.99. The lowest BCUT2D eigenvalue weighted by molar-refractivity contribution is 0.291. The Hall–Kier alpha value is -1.89. The number of aryl methyl sites for hydroxylation is 1. The Bertz CT molecular complexity index is 748. The van der Waals surface area contributed by atoms with E-state index in [1.54, 1.807) is 13.4 Å². The fourth-order valence-corrected chi connectivity index (χ4v) is 4.12. The third-order valence-corrected chi connectivity index (χ3v) is 5.78. The lowest BCUT2D eigenvalue weighted by Crippen LogP contribution is -2.46. The molecule has 1 saturated carbocycles. The van der Waals surface area contributed by atoms with Gasteiger partial charge in [-0.15, -0.1) is 10.2 Å². The van der Waals surface area contributed by atoms with E-state index in [4.69, 9.17) is 0 Å². The van der Waals surface area contributed by atoms with Crippen molar-refractivity contribution in [2.24, 2.45) is 12.0 Å². The Morgan fingerprint density at radius 1 is 1.27 bits per heavy atom. The lowest BCUT2D eigenvalue weighted by Gasteiger charge is -2.38. The molecule has 0 unspecified atom stereocenters. The summed E-state index contributed by atoms with van der Waals surface area (Å²) in [4.78, 5) is 4.37. The van der Waals surface area contributed by atoms with Crippen molar-refractivity contribution >= 4 is 21.9 Å². The van der Waals surface area contributed by atoms with E-state index in [9.17, 15) is 0 Å². The van der Waals surface area contributed by atoms with Crippen molar-refractivity contribution < 1.29 is 0 Å². The standard InChI is InChI=1S/C19H27BrN6/c1-21-18(22-12-17-25-24-14-26(17)2)23-13-19(9-4-3-5-10-19)15-7-6-8-16(20)11-15/h6-8,11,14H,3-5,9-10,12-13H2,1-2H3,(H2,21,22,23). The van der Waals surface area contributed by atoms with Crippen LogP contribution in [0.25, 0.3) is 0 Å². The molecule has 2 N–H and O–H groups in total. The van der Waals surface area contributed by atoms with Gasteiger partial charge in [0.2, 0.25) is 0 Å². The summed E-state index contributed by atoms with van der Waals surface area (Å²) in [7, 11) is 3.75. The second kappa shape index (κ2) is 8.66.